The quantitative estimate of drug-likeness (QED) is 0.894. The number of carbonyl (C=O) groups excluding carboxylic acids is 1. The lowest BCUT2D eigenvalue weighted by atomic mass is 10.1. The molecule has 1 atom stereocenters. The number of nitrogens with one attached hydrogen (secondary N) is 1. The summed E-state index contributed by atoms with van der Waals surface area (Å²) in [5.74, 6) is -0.924. The number of nitrogens with zero attached hydrogens (tertiary/aromatic N) is 2. The average Bonchev–Trinajstić information content (AvgIpc) is 2.68. The van der Waals surface area contributed by atoms with Crippen LogP contribution in [0.1, 0.15) is 35.6 Å². The minimum atomic E-state index is -0.924. The SMILES string of the molecule is Cc1cnc(CNC(=O)N2CCCCCC2C(=O)O)s1. The molecule has 1 saturated heterocycles. The molecule has 2 amide bonds. The smallest absolute Gasteiger partial charge is 0.326 e. The Morgan fingerprint density at radius 1 is 1.50 bits per heavy atom. The van der Waals surface area contributed by atoms with E-state index in [0.29, 0.717) is 19.5 Å². The Balaban J connectivity index is 1.96. The van der Waals surface area contributed by atoms with Crippen molar-refractivity contribution in [1.82, 2.24) is 15.2 Å². The number of hydrogen-bond acceptors (Lipinski definition) is 4. The second-order valence-electron chi connectivity index (χ2n) is 4.92. The van der Waals surface area contributed by atoms with Crippen molar-refractivity contribution < 1.29 is 14.7 Å². The number of thiazole rings is 1. The van der Waals surface area contributed by atoms with Gasteiger partial charge >= 0.3 is 12.0 Å². The largest absolute Gasteiger partial charge is 0.480 e. The van der Waals surface area contributed by atoms with Gasteiger partial charge in [0.1, 0.15) is 11.0 Å². The summed E-state index contributed by atoms with van der Waals surface area (Å²) in [4.78, 5) is 30.1. The molecule has 0 bridgehead atoms. The predicted octanol–water partition coefficient (Wildman–Crippen LogP) is 1.99. The molecule has 0 aromatic carbocycles. The number of aromatic nitrogens is 1. The summed E-state index contributed by atoms with van der Waals surface area (Å²) < 4.78 is 0. The van der Waals surface area contributed by atoms with Crippen LogP contribution in [-0.4, -0.2) is 39.6 Å². The molecule has 0 aliphatic carbocycles. The highest BCUT2D eigenvalue weighted by Gasteiger charge is 2.30. The van der Waals surface area contributed by atoms with Crippen LogP contribution in [0.4, 0.5) is 4.79 Å². The number of likely N-dealkylation sites (tertiary alicyclic amines) is 1. The fourth-order valence-corrected chi connectivity index (χ4v) is 3.07. The summed E-state index contributed by atoms with van der Waals surface area (Å²) in [5, 5.41) is 12.8. The van der Waals surface area contributed by atoms with E-state index < -0.39 is 12.0 Å². The van der Waals surface area contributed by atoms with E-state index >= 15 is 0 Å². The molecule has 1 aromatic rings. The minimum Gasteiger partial charge on any atom is -0.480 e. The lowest BCUT2D eigenvalue weighted by Gasteiger charge is -2.26. The number of carboxylic acids is 1. The van der Waals surface area contributed by atoms with Crippen molar-refractivity contribution in [3.63, 3.8) is 0 Å². The second-order valence-corrected chi connectivity index (χ2v) is 6.24. The predicted molar refractivity (Wildman–Crippen MR) is 75.7 cm³/mol. The fraction of sp³-hybridized carbons (Fsp3) is 0.615. The Bertz CT molecular complexity index is 489. The molecule has 0 saturated carbocycles. The van der Waals surface area contributed by atoms with Gasteiger partial charge in [0, 0.05) is 17.6 Å². The molecule has 0 spiro atoms. The molecule has 1 aliphatic heterocycles. The van der Waals surface area contributed by atoms with Gasteiger partial charge in [0.2, 0.25) is 0 Å². The van der Waals surface area contributed by atoms with Crippen LogP contribution in [-0.2, 0) is 11.3 Å². The van der Waals surface area contributed by atoms with E-state index in [0.717, 1.165) is 29.1 Å². The van der Waals surface area contributed by atoms with E-state index in [2.05, 4.69) is 10.3 Å². The number of hydrogen-bond donors (Lipinski definition) is 2. The Kier molecular flexibility index (Phi) is 4.94. The van der Waals surface area contributed by atoms with Gasteiger partial charge in [-0.1, -0.05) is 12.8 Å². The van der Waals surface area contributed by atoms with Crippen LogP contribution in [0.15, 0.2) is 6.20 Å². The van der Waals surface area contributed by atoms with Crippen molar-refractivity contribution in [2.75, 3.05) is 6.54 Å². The zero-order chi connectivity index (χ0) is 14.5. The molecule has 0 radical (unpaired) electrons. The maximum absolute atomic E-state index is 12.2. The van der Waals surface area contributed by atoms with Gasteiger partial charge in [-0.05, 0) is 19.8 Å². The fourth-order valence-electron chi connectivity index (χ4n) is 2.34. The lowest BCUT2D eigenvalue weighted by molar-refractivity contribution is -0.142. The molecule has 1 fully saturated rings. The van der Waals surface area contributed by atoms with Gasteiger partial charge in [0.15, 0.2) is 0 Å². The second kappa shape index (κ2) is 6.69. The summed E-state index contributed by atoms with van der Waals surface area (Å²) in [7, 11) is 0. The molecule has 7 heteroatoms. The molecule has 1 unspecified atom stereocenters. The molecule has 2 heterocycles. The highest BCUT2D eigenvalue weighted by molar-refractivity contribution is 7.11. The van der Waals surface area contributed by atoms with Crippen molar-refractivity contribution in [2.24, 2.45) is 0 Å². The number of urea groups is 1. The summed E-state index contributed by atoms with van der Waals surface area (Å²) in [6, 6.07) is -1.03. The maximum atomic E-state index is 12.2. The number of carboxylic acid groups (broad SMARTS) is 1. The number of rotatable bonds is 3. The van der Waals surface area contributed by atoms with Crippen molar-refractivity contribution >= 4 is 23.3 Å². The van der Waals surface area contributed by atoms with Crippen LogP contribution in [0, 0.1) is 6.92 Å². The Morgan fingerprint density at radius 3 is 2.95 bits per heavy atom. The third-order valence-electron chi connectivity index (χ3n) is 3.36. The van der Waals surface area contributed by atoms with Gasteiger partial charge < -0.3 is 15.3 Å². The summed E-state index contributed by atoms with van der Waals surface area (Å²) in [5.41, 5.74) is 0. The van der Waals surface area contributed by atoms with E-state index in [1.165, 1.54) is 16.2 Å². The Morgan fingerprint density at radius 2 is 2.30 bits per heavy atom. The van der Waals surface area contributed by atoms with E-state index in [9.17, 15) is 14.7 Å². The van der Waals surface area contributed by atoms with Gasteiger partial charge in [-0.2, -0.15) is 0 Å². The van der Waals surface area contributed by atoms with Crippen LogP contribution >= 0.6 is 11.3 Å². The first kappa shape index (κ1) is 14.8. The standard InChI is InChI=1S/C13H19N3O3S/c1-9-7-14-11(20-9)8-15-13(19)16-6-4-2-3-5-10(16)12(17)18/h7,10H,2-6,8H2,1H3,(H,15,19)(H,17,18). The third kappa shape index (κ3) is 3.69. The Labute approximate surface area is 121 Å². The molecule has 1 aromatic heterocycles. The molecule has 2 rings (SSSR count). The summed E-state index contributed by atoms with van der Waals surface area (Å²) >= 11 is 1.53. The zero-order valence-corrected chi connectivity index (χ0v) is 12.3. The van der Waals surface area contributed by atoms with E-state index in [1.807, 2.05) is 6.92 Å². The van der Waals surface area contributed by atoms with Crippen LogP contribution in [0.2, 0.25) is 0 Å². The number of carbonyl (C=O) groups is 2. The van der Waals surface area contributed by atoms with Gasteiger partial charge in [0.25, 0.3) is 0 Å². The molecule has 2 N–H and O–H groups in total. The minimum absolute atomic E-state index is 0.313. The van der Waals surface area contributed by atoms with Gasteiger partial charge in [0.05, 0.1) is 6.54 Å². The van der Waals surface area contributed by atoms with Crippen LogP contribution < -0.4 is 5.32 Å². The average molecular weight is 297 g/mol. The van der Waals surface area contributed by atoms with Crippen molar-refractivity contribution in [3.05, 3.63) is 16.1 Å². The zero-order valence-electron chi connectivity index (χ0n) is 11.5. The van der Waals surface area contributed by atoms with Crippen LogP contribution in [0.3, 0.4) is 0 Å². The number of amides is 2. The van der Waals surface area contributed by atoms with E-state index in [1.54, 1.807) is 6.20 Å². The van der Waals surface area contributed by atoms with Gasteiger partial charge in [-0.3, -0.25) is 0 Å². The number of aliphatic carboxylic acids is 1. The van der Waals surface area contributed by atoms with E-state index in [-0.39, 0.29) is 6.03 Å². The number of aryl methyl sites for hydroxylation is 1. The summed E-state index contributed by atoms with van der Waals surface area (Å²) in [6.07, 6.45) is 4.97. The van der Waals surface area contributed by atoms with Crippen molar-refractivity contribution in [1.29, 1.82) is 0 Å². The van der Waals surface area contributed by atoms with E-state index in [4.69, 9.17) is 0 Å². The highest BCUT2D eigenvalue weighted by Crippen LogP contribution is 2.17. The lowest BCUT2D eigenvalue weighted by Crippen LogP contribution is -2.49. The monoisotopic (exact) mass is 297 g/mol. The van der Waals surface area contributed by atoms with Crippen LogP contribution in [0.25, 0.3) is 0 Å². The Hall–Kier alpha value is -1.63. The van der Waals surface area contributed by atoms with Crippen LogP contribution in [0.5, 0.6) is 0 Å². The normalized spacial score (nSPS) is 19.4. The molecular weight excluding hydrogens is 278 g/mol. The first-order valence-corrected chi connectivity index (χ1v) is 7.58. The van der Waals surface area contributed by atoms with Crippen molar-refractivity contribution in [2.45, 2.75) is 45.2 Å². The first-order chi connectivity index (χ1) is 9.58. The third-order valence-corrected chi connectivity index (χ3v) is 4.27. The molecule has 1 aliphatic rings. The van der Waals surface area contributed by atoms with Gasteiger partial charge in [-0.15, -0.1) is 11.3 Å². The maximum Gasteiger partial charge on any atom is 0.326 e. The van der Waals surface area contributed by atoms with Crippen molar-refractivity contribution in [3.8, 4) is 0 Å². The molecule has 110 valence electrons. The molecule has 6 nitrogen and oxygen atoms in total. The first-order valence-electron chi connectivity index (χ1n) is 6.76. The van der Waals surface area contributed by atoms with Gasteiger partial charge in [-0.25, -0.2) is 14.6 Å². The summed E-state index contributed by atoms with van der Waals surface area (Å²) in [6.45, 7) is 2.80. The topological polar surface area (TPSA) is 82.5 Å². The molecule has 20 heavy (non-hydrogen) atoms. The molecular formula is C13H19N3O3S. The highest BCUT2D eigenvalue weighted by atomic mass is 32.1.